The number of thiazole rings is 1. The molecular weight excluding hydrogens is 464 g/mol. The monoisotopic (exact) mass is 488 g/mol. The van der Waals surface area contributed by atoms with E-state index in [2.05, 4.69) is 4.98 Å². The van der Waals surface area contributed by atoms with E-state index in [9.17, 15) is 19.5 Å². The van der Waals surface area contributed by atoms with Gasteiger partial charge < -0.3 is 9.84 Å². The highest BCUT2D eigenvalue weighted by atomic mass is 32.1. The summed E-state index contributed by atoms with van der Waals surface area (Å²) in [6.07, 6.45) is 2.97. The van der Waals surface area contributed by atoms with Crippen LogP contribution in [0.1, 0.15) is 46.4 Å². The number of aliphatic hydroxyl groups excluding tert-OH is 1. The number of hydrogen-bond donors (Lipinski definition) is 1. The number of nitrogens with zero attached hydrogens (tertiary/aromatic N) is 2. The molecular formula is C27H24N2O5S. The van der Waals surface area contributed by atoms with Gasteiger partial charge in [0.25, 0.3) is 5.91 Å². The van der Waals surface area contributed by atoms with Crippen LogP contribution in [0, 0.1) is 6.92 Å². The minimum Gasteiger partial charge on any atom is -0.503 e. The number of aromatic nitrogens is 1. The van der Waals surface area contributed by atoms with Crippen LogP contribution in [0.3, 0.4) is 0 Å². The van der Waals surface area contributed by atoms with Crippen LogP contribution in [0.15, 0.2) is 72.0 Å². The van der Waals surface area contributed by atoms with E-state index < -0.39 is 23.5 Å². The first-order chi connectivity index (χ1) is 16.8. The van der Waals surface area contributed by atoms with Gasteiger partial charge in [0, 0.05) is 6.92 Å². The number of rotatable bonds is 8. The van der Waals surface area contributed by atoms with Crippen LogP contribution < -0.4 is 9.64 Å². The third-order valence-electron chi connectivity index (χ3n) is 5.52. The van der Waals surface area contributed by atoms with Crippen molar-refractivity contribution in [3.8, 4) is 5.75 Å². The number of aliphatic hydroxyl groups is 1. The first-order valence-electron chi connectivity index (χ1n) is 11.1. The number of amides is 1. The van der Waals surface area contributed by atoms with Crippen molar-refractivity contribution in [2.24, 2.45) is 0 Å². The van der Waals surface area contributed by atoms with Gasteiger partial charge in [0.05, 0.1) is 28.8 Å². The normalized spacial score (nSPS) is 15.8. The average Bonchev–Trinajstić information content (AvgIpc) is 3.36. The number of hydrogen-bond acceptors (Lipinski definition) is 7. The Kier molecular flexibility index (Phi) is 6.93. The fraction of sp³-hybridized carbons (Fsp3) is 0.185. The number of carbonyl (C=O) groups is 3. The topological polar surface area (TPSA) is 96.8 Å². The molecule has 0 aliphatic carbocycles. The number of ether oxygens (including phenoxy) is 1. The number of benzene rings is 2. The number of allylic oxidation sites excluding steroid dienone is 1. The summed E-state index contributed by atoms with van der Waals surface area (Å²) in [5, 5.41) is 11.1. The van der Waals surface area contributed by atoms with E-state index in [-0.39, 0.29) is 16.5 Å². The molecule has 1 amide bonds. The Bertz CT molecular complexity index is 1340. The number of anilines is 1. The summed E-state index contributed by atoms with van der Waals surface area (Å²) in [6, 6.07) is 15.3. The second-order valence-electron chi connectivity index (χ2n) is 7.92. The van der Waals surface area contributed by atoms with Crippen molar-refractivity contribution in [1.82, 2.24) is 4.98 Å². The fourth-order valence-corrected chi connectivity index (χ4v) is 4.91. The second-order valence-corrected chi connectivity index (χ2v) is 8.89. The van der Waals surface area contributed by atoms with Gasteiger partial charge in [0.2, 0.25) is 0 Å². The molecule has 7 nitrogen and oxygen atoms in total. The van der Waals surface area contributed by atoms with Crippen LogP contribution >= 0.6 is 11.3 Å². The van der Waals surface area contributed by atoms with Crippen molar-refractivity contribution in [3.05, 3.63) is 93.7 Å². The van der Waals surface area contributed by atoms with Crippen molar-refractivity contribution in [1.29, 1.82) is 0 Å². The molecule has 0 saturated heterocycles. The first kappa shape index (κ1) is 24.1. The van der Waals surface area contributed by atoms with Gasteiger partial charge in [-0.2, -0.15) is 0 Å². The molecule has 178 valence electrons. The Morgan fingerprint density at radius 1 is 1.14 bits per heavy atom. The molecule has 8 heteroatoms. The molecule has 1 aromatic heterocycles. The molecule has 0 radical (unpaired) electrons. The predicted molar refractivity (Wildman–Crippen MR) is 135 cm³/mol. The maximum absolute atomic E-state index is 13.3. The Morgan fingerprint density at radius 2 is 1.83 bits per heavy atom. The Balaban J connectivity index is 1.79. The second kappa shape index (κ2) is 10.1. The summed E-state index contributed by atoms with van der Waals surface area (Å²) in [7, 11) is 0. The van der Waals surface area contributed by atoms with Gasteiger partial charge in [-0.1, -0.05) is 59.9 Å². The minimum atomic E-state index is -0.920. The number of carbonyl (C=O) groups excluding carboxylic acids is 3. The quantitative estimate of drug-likeness (QED) is 0.344. The standard InChI is InChI=1S/C27H24N2O5S/c1-4-34-20-13-11-19(12-14-20)23-22(21(31)15-10-18-8-6-5-7-9-18)24(32)26(33)29(23)27-28-16(2)25(35-27)17(3)30/h5-15,23,32H,4H2,1-3H3. The van der Waals surface area contributed by atoms with E-state index in [0.717, 1.165) is 16.9 Å². The van der Waals surface area contributed by atoms with E-state index in [4.69, 9.17) is 4.74 Å². The molecule has 1 aliphatic heterocycles. The van der Waals surface area contributed by atoms with Crippen LogP contribution in [-0.4, -0.2) is 34.2 Å². The van der Waals surface area contributed by atoms with Gasteiger partial charge in [0.1, 0.15) is 5.75 Å². The molecule has 0 saturated carbocycles. The van der Waals surface area contributed by atoms with E-state index in [0.29, 0.717) is 28.5 Å². The summed E-state index contributed by atoms with van der Waals surface area (Å²) in [6.45, 7) is 5.48. The van der Waals surface area contributed by atoms with Crippen LogP contribution in [0.4, 0.5) is 5.13 Å². The zero-order chi connectivity index (χ0) is 25.1. The number of Topliss-reactive ketones (excluding diaryl/α,β-unsaturated/α-hetero) is 1. The highest BCUT2D eigenvalue weighted by Gasteiger charge is 2.45. The average molecular weight is 489 g/mol. The van der Waals surface area contributed by atoms with Crippen LogP contribution in [0.2, 0.25) is 0 Å². The lowest BCUT2D eigenvalue weighted by Gasteiger charge is -2.24. The lowest BCUT2D eigenvalue weighted by molar-refractivity contribution is -0.117. The SMILES string of the molecule is CCOc1ccc(C2C(C(=O)C=Cc3ccccc3)=C(O)C(=O)N2c2nc(C)c(C(C)=O)s2)cc1. The van der Waals surface area contributed by atoms with Gasteiger partial charge >= 0.3 is 0 Å². The Hall–Kier alpha value is -4.04. The van der Waals surface area contributed by atoms with Crippen molar-refractivity contribution in [2.75, 3.05) is 11.5 Å². The third-order valence-corrected chi connectivity index (χ3v) is 6.78. The van der Waals surface area contributed by atoms with Gasteiger partial charge in [-0.15, -0.1) is 0 Å². The molecule has 0 fully saturated rings. The van der Waals surface area contributed by atoms with Crippen LogP contribution in [0.5, 0.6) is 5.75 Å². The van der Waals surface area contributed by atoms with Crippen molar-refractivity contribution >= 4 is 40.0 Å². The first-order valence-corrected chi connectivity index (χ1v) is 11.9. The van der Waals surface area contributed by atoms with Crippen molar-refractivity contribution in [2.45, 2.75) is 26.8 Å². The molecule has 1 N–H and O–H groups in total. The van der Waals surface area contributed by atoms with E-state index in [1.807, 2.05) is 37.3 Å². The molecule has 35 heavy (non-hydrogen) atoms. The lowest BCUT2D eigenvalue weighted by Crippen LogP contribution is -2.30. The summed E-state index contributed by atoms with van der Waals surface area (Å²) in [4.78, 5) is 44.7. The lowest BCUT2D eigenvalue weighted by atomic mass is 9.95. The maximum atomic E-state index is 13.3. The van der Waals surface area contributed by atoms with Crippen molar-refractivity contribution in [3.63, 3.8) is 0 Å². The van der Waals surface area contributed by atoms with Crippen LogP contribution in [0.25, 0.3) is 6.08 Å². The van der Waals surface area contributed by atoms with E-state index in [1.54, 1.807) is 37.3 Å². The molecule has 4 rings (SSSR count). The zero-order valence-corrected chi connectivity index (χ0v) is 20.3. The molecule has 0 bridgehead atoms. The van der Waals surface area contributed by atoms with Crippen molar-refractivity contribution < 1.29 is 24.2 Å². The molecule has 1 aliphatic rings. The summed E-state index contributed by atoms with van der Waals surface area (Å²) in [5.74, 6) is -1.41. The van der Waals surface area contributed by atoms with Gasteiger partial charge in [-0.05, 0) is 43.2 Å². The minimum absolute atomic E-state index is 0.0523. The fourth-order valence-electron chi connectivity index (χ4n) is 3.92. The summed E-state index contributed by atoms with van der Waals surface area (Å²) < 4.78 is 5.52. The number of ketones is 2. The highest BCUT2D eigenvalue weighted by Crippen LogP contribution is 2.43. The molecule has 3 aromatic rings. The Labute approximate surface area is 207 Å². The van der Waals surface area contributed by atoms with E-state index >= 15 is 0 Å². The van der Waals surface area contributed by atoms with Gasteiger partial charge in [-0.25, -0.2) is 4.98 Å². The molecule has 2 aromatic carbocycles. The third kappa shape index (κ3) is 4.79. The van der Waals surface area contributed by atoms with Gasteiger partial charge in [0.15, 0.2) is 22.5 Å². The smallest absolute Gasteiger partial charge is 0.296 e. The molecule has 1 atom stereocenters. The van der Waals surface area contributed by atoms with Gasteiger partial charge in [-0.3, -0.25) is 19.3 Å². The maximum Gasteiger partial charge on any atom is 0.296 e. The predicted octanol–water partition coefficient (Wildman–Crippen LogP) is 5.24. The molecule has 1 unspecified atom stereocenters. The van der Waals surface area contributed by atoms with Crippen LogP contribution in [-0.2, 0) is 9.59 Å². The zero-order valence-electron chi connectivity index (χ0n) is 19.5. The molecule has 2 heterocycles. The molecule has 0 spiro atoms. The largest absolute Gasteiger partial charge is 0.503 e. The highest BCUT2D eigenvalue weighted by molar-refractivity contribution is 7.17. The Morgan fingerprint density at radius 3 is 2.43 bits per heavy atom. The van der Waals surface area contributed by atoms with E-state index in [1.165, 1.54) is 17.9 Å². The summed E-state index contributed by atoms with van der Waals surface area (Å²) >= 11 is 1.06. The summed E-state index contributed by atoms with van der Waals surface area (Å²) in [5.41, 5.74) is 1.84. The number of aryl methyl sites for hydroxylation is 1.